The van der Waals surface area contributed by atoms with E-state index in [-0.39, 0.29) is 19.1 Å². The summed E-state index contributed by atoms with van der Waals surface area (Å²) >= 11 is 0. The number of benzene rings is 2. The number of aliphatic hydroxyl groups is 1. The quantitative estimate of drug-likeness (QED) is 0.621. The second kappa shape index (κ2) is 8.86. The van der Waals surface area contributed by atoms with E-state index < -0.39 is 42.1 Å². The molecule has 1 aliphatic heterocycles. The van der Waals surface area contributed by atoms with Gasteiger partial charge in [0.2, 0.25) is 5.91 Å². The van der Waals surface area contributed by atoms with Crippen molar-refractivity contribution in [1.29, 1.82) is 0 Å². The van der Waals surface area contributed by atoms with Gasteiger partial charge in [-0.1, -0.05) is 48.5 Å². The van der Waals surface area contributed by atoms with Gasteiger partial charge in [-0.25, -0.2) is 4.79 Å². The number of aliphatic hydroxyl groups excluding tert-OH is 1. The van der Waals surface area contributed by atoms with Crippen molar-refractivity contribution in [3.63, 3.8) is 0 Å². The Hall–Kier alpha value is -3.39. The molecule has 33 heavy (non-hydrogen) atoms. The molecule has 2 unspecified atom stereocenters. The highest BCUT2D eigenvalue weighted by Gasteiger charge is 2.45. The van der Waals surface area contributed by atoms with Crippen molar-refractivity contribution >= 4 is 18.0 Å². The molecule has 0 bridgehead atoms. The number of carbonyl (C=O) groups excluding carboxylic acids is 2. The molecule has 1 aliphatic carbocycles. The first-order chi connectivity index (χ1) is 15.7. The van der Waals surface area contributed by atoms with E-state index in [1.54, 1.807) is 13.8 Å². The maximum absolute atomic E-state index is 13.0. The molecule has 4 rings (SSSR count). The van der Waals surface area contributed by atoms with Crippen LogP contribution in [-0.2, 0) is 14.3 Å². The molecule has 2 atom stereocenters. The first-order valence-corrected chi connectivity index (χ1v) is 11.0. The van der Waals surface area contributed by atoms with Crippen molar-refractivity contribution < 1.29 is 29.3 Å². The maximum atomic E-state index is 13.0. The van der Waals surface area contributed by atoms with Crippen molar-refractivity contribution in [2.45, 2.75) is 50.3 Å². The summed E-state index contributed by atoms with van der Waals surface area (Å²) in [6, 6.07) is 14.6. The number of alkyl carbamates (subject to hydrolysis) is 1. The Morgan fingerprint density at radius 3 is 2.18 bits per heavy atom. The van der Waals surface area contributed by atoms with E-state index in [0.29, 0.717) is 6.42 Å². The molecule has 2 aromatic rings. The van der Waals surface area contributed by atoms with Gasteiger partial charge >= 0.3 is 12.1 Å². The summed E-state index contributed by atoms with van der Waals surface area (Å²) in [6.07, 6.45) is -1.76. The number of hydrogen-bond donors (Lipinski definition) is 3. The number of nitrogens with one attached hydrogen (secondary N) is 1. The maximum Gasteiger partial charge on any atom is 0.407 e. The summed E-state index contributed by atoms with van der Waals surface area (Å²) in [4.78, 5) is 38.5. The lowest BCUT2D eigenvalue weighted by atomic mass is 9.98. The van der Waals surface area contributed by atoms with E-state index in [1.807, 2.05) is 48.5 Å². The van der Waals surface area contributed by atoms with Crippen LogP contribution in [0.5, 0.6) is 0 Å². The molecule has 2 aromatic carbocycles. The molecule has 1 heterocycles. The third-order valence-electron chi connectivity index (χ3n) is 6.72. The lowest BCUT2D eigenvalue weighted by Gasteiger charge is -2.35. The van der Waals surface area contributed by atoms with Crippen LogP contribution in [-0.4, -0.2) is 63.9 Å². The van der Waals surface area contributed by atoms with Crippen molar-refractivity contribution in [3.05, 3.63) is 59.7 Å². The first kappa shape index (κ1) is 22.8. The van der Waals surface area contributed by atoms with Crippen LogP contribution in [0.4, 0.5) is 4.79 Å². The molecule has 1 saturated heterocycles. The predicted molar refractivity (Wildman–Crippen MR) is 121 cm³/mol. The van der Waals surface area contributed by atoms with Crippen LogP contribution in [0.1, 0.15) is 43.7 Å². The monoisotopic (exact) mass is 452 g/mol. The van der Waals surface area contributed by atoms with Gasteiger partial charge in [-0.15, -0.1) is 0 Å². The minimum absolute atomic E-state index is 0.0573. The van der Waals surface area contributed by atoms with E-state index in [2.05, 4.69) is 5.32 Å². The zero-order valence-corrected chi connectivity index (χ0v) is 18.7. The molecule has 8 heteroatoms. The fraction of sp³-hybridized carbons (Fsp3) is 0.400. The summed E-state index contributed by atoms with van der Waals surface area (Å²) in [5.74, 6) is -1.92. The SMILES string of the molecule is CC1(C)C(O)CCN1C(=O)C(CC(=O)O)NC(=O)OCC1c2ccccc2-c2ccccc21. The van der Waals surface area contributed by atoms with Gasteiger partial charge in [-0.05, 0) is 42.5 Å². The Bertz CT molecular complexity index is 1040. The predicted octanol–water partition coefficient (Wildman–Crippen LogP) is 2.74. The summed E-state index contributed by atoms with van der Waals surface area (Å²) in [7, 11) is 0. The third-order valence-corrected chi connectivity index (χ3v) is 6.72. The summed E-state index contributed by atoms with van der Waals surface area (Å²) in [5, 5.41) is 21.9. The highest BCUT2D eigenvalue weighted by atomic mass is 16.5. The van der Waals surface area contributed by atoms with E-state index in [0.717, 1.165) is 22.3 Å². The fourth-order valence-corrected chi connectivity index (χ4v) is 4.81. The van der Waals surface area contributed by atoms with Crippen LogP contribution in [0.2, 0.25) is 0 Å². The second-order valence-electron chi connectivity index (χ2n) is 9.07. The largest absolute Gasteiger partial charge is 0.481 e. The zero-order chi connectivity index (χ0) is 23.8. The number of aliphatic carboxylic acids is 1. The minimum Gasteiger partial charge on any atom is -0.481 e. The Labute approximate surface area is 192 Å². The number of carbonyl (C=O) groups is 3. The Balaban J connectivity index is 1.46. The van der Waals surface area contributed by atoms with Crippen molar-refractivity contribution in [1.82, 2.24) is 10.2 Å². The molecular formula is C25H28N2O6. The van der Waals surface area contributed by atoms with Crippen LogP contribution in [0.15, 0.2) is 48.5 Å². The molecule has 0 aromatic heterocycles. The highest BCUT2D eigenvalue weighted by Crippen LogP contribution is 2.44. The highest BCUT2D eigenvalue weighted by molar-refractivity contribution is 5.90. The molecular weight excluding hydrogens is 424 g/mol. The van der Waals surface area contributed by atoms with Gasteiger partial charge in [0, 0.05) is 12.5 Å². The first-order valence-electron chi connectivity index (χ1n) is 11.0. The Kier molecular flexibility index (Phi) is 6.12. The Morgan fingerprint density at radius 2 is 1.67 bits per heavy atom. The molecule has 0 radical (unpaired) electrons. The molecule has 174 valence electrons. The number of rotatable bonds is 6. The topological polar surface area (TPSA) is 116 Å². The van der Waals surface area contributed by atoms with Crippen LogP contribution in [0.25, 0.3) is 11.1 Å². The zero-order valence-electron chi connectivity index (χ0n) is 18.7. The normalized spacial score (nSPS) is 19.5. The average molecular weight is 453 g/mol. The number of nitrogens with zero attached hydrogens (tertiary/aromatic N) is 1. The molecule has 3 N–H and O–H groups in total. The van der Waals surface area contributed by atoms with Gasteiger partial charge in [0.05, 0.1) is 18.1 Å². The number of fused-ring (bicyclic) bond motifs is 3. The number of carboxylic acids is 1. The average Bonchev–Trinajstić information content (AvgIpc) is 3.24. The van der Waals surface area contributed by atoms with Crippen molar-refractivity contribution in [3.8, 4) is 11.1 Å². The van der Waals surface area contributed by atoms with Gasteiger partial charge in [0.15, 0.2) is 0 Å². The molecule has 2 amide bonds. The van der Waals surface area contributed by atoms with Crippen LogP contribution >= 0.6 is 0 Å². The smallest absolute Gasteiger partial charge is 0.407 e. The second-order valence-corrected chi connectivity index (χ2v) is 9.07. The lowest BCUT2D eigenvalue weighted by molar-refractivity contribution is -0.144. The molecule has 0 spiro atoms. The summed E-state index contributed by atoms with van der Waals surface area (Å²) < 4.78 is 5.47. The molecule has 1 fully saturated rings. The number of ether oxygens (including phenoxy) is 1. The Morgan fingerprint density at radius 1 is 1.09 bits per heavy atom. The fourth-order valence-electron chi connectivity index (χ4n) is 4.81. The number of amides is 2. The van der Waals surface area contributed by atoms with Crippen molar-refractivity contribution in [2.24, 2.45) is 0 Å². The van der Waals surface area contributed by atoms with E-state index in [1.165, 1.54) is 4.90 Å². The third kappa shape index (κ3) is 4.30. The number of hydrogen-bond acceptors (Lipinski definition) is 5. The number of likely N-dealkylation sites (tertiary alicyclic amines) is 1. The standard InChI is InChI=1S/C25H28N2O6/c1-25(2)21(28)11-12-27(25)23(31)20(13-22(29)30)26-24(32)33-14-19-17-9-5-3-7-15(17)16-8-4-6-10-18(16)19/h3-10,19-21,28H,11-14H2,1-2H3,(H,26,32)(H,29,30). The van der Waals surface area contributed by atoms with Gasteiger partial charge in [-0.3, -0.25) is 9.59 Å². The van der Waals surface area contributed by atoms with Crippen LogP contribution < -0.4 is 5.32 Å². The van der Waals surface area contributed by atoms with E-state index in [9.17, 15) is 24.6 Å². The summed E-state index contributed by atoms with van der Waals surface area (Å²) in [6.45, 7) is 3.78. The number of carboxylic acid groups (broad SMARTS) is 1. The van der Waals surface area contributed by atoms with Crippen LogP contribution in [0, 0.1) is 0 Å². The summed E-state index contributed by atoms with van der Waals surface area (Å²) in [5.41, 5.74) is 3.44. The van der Waals surface area contributed by atoms with Gasteiger partial charge in [0.1, 0.15) is 12.6 Å². The lowest BCUT2D eigenvalue weighted by Crippen LogP contribution is -2.56. The van der Waals surface area contributed by atoms with Gasteiger partial charge in [0.25, 0.3) is 0 Å². The van der Waals surface area contributed by atoms with Crippen molar-refractivity contribution in [2.75, 3.05) is 13.2 Å². The molecule has 2 aliphatic rings. The van der Waals surface area contributed by atoms with Crippen LogP contribution in [0.3, 0.4) is 0 Å². The van der Waals surface area contributed by atoms with Gasteiger partial charge in [-0.2, -0.15) is 0 Å². The van der Waals surface area contributed by atoms with Gasteiger partial charge < -0.3 is 25.2 Å². The molecule has 8 nitrogen and oxygen atoms in total. The van der Waals surface area contributed by atoms with E-state index >= 15 is 0 Å². The minimum atomic E-state index is -1.29. The van der Waals surface area contributed by atoms with E-state index in [4.69, 9.17) is 4.74 Å². The molecule has 0 saturated carbocycles.